The summed E-state index contributed by atoms with van der Waals surface area (Å²) in [5.74, 6) is -0.329. The molecule has 39 heavy (non-hydrogen) atoms. The van der Waals surface area contributed by atoms with E-state index in [4.69, 9.17) is 4.74 Å². The Bertz CT molecular complexity index is 1300. The molecule has 0 N–H and O–H groups in total. The van der Waals surface area contributed by atoms with E-state index < -0.39 is 6.52 Å². The molecule has 2 atom stereocenters. The van der Waals surface area contributed by atoms with Crippen molar-refractivity contribution in [2.45, 2.75) is 57.9 Å². The van der Waals surface area contributed by atoms with Gasteiger partial charge in [0.25, 0.3) is 0 Å². The number of hydrogen-bond donors (Lipinski definition) is 0. The fraction of sp³-hybridized carbons (Fsp3) is 0.412. The maximum absolute atomic E-state index is 14.0. The zero-order chi connectivity index (χ0) is 28.1. The molecule has 1 heterocycles. The molecule has 1 aliphatic heterocycles. The van der Waals surface area contributed by atoms with E-state index >= 15 is 0 Å². The summed E-state index contributed by atoms with van der Waals surface area (Å²) in [7, 11) is 4.05. The van der Waals surface area contributed by atoms with Gasteiger partial charge in [-0.3, -0.25) is 9.59 Å². The van der Waals surface area contributed by atoms with Crippen LogP contribution in [-0.2, 0) is 27.3 Å². The number of benzene rings is 3. The Hall–Kier alpha value is -3.60. The lowest BCUT2D eigenvalue weighted by Crippen LogP contribution is -2.36. The van der Waals surface area contributed by atoms with Gasteiger partial charge in [-0.15, -0.1) is 0 Å². The Balaban J connectivity index is 1.41. The van der Waals surface area contributed by atoms with E-state index in [1.54, 1.807) is 4.90 Å². The summed E-state index contributed by atoms with van der Waals surface area (Å²) in [5, 5.41) is 0. The van der Waals surface area contributed by atoms with Gasteiger partial charge in [0.2, 0.25) is 5.91 Å². The van der Waals surface area contributed by atoms with E-state index in [1.165, 1.54) is 0 Å². The summed E-state index contributed by atoms with van der Waals surface area (Å²) in [6.07, 6.45) is 7.30. The maximum Gasteiger partial charge on any atom is 0.309 e. The molecule has 5 heteroatoms. The van der Waals surface area contributed by atoms with Crippen molar-refractivity contribution in [1.82, 2.24) is 0 Å². The number of cyclic esters (lactones) is 1. The molecule has 0 bridgehead atoms. The van der Waals surface area contributed by atoms with Crippen molar-refractivity contribution in [2.24, 2.45) is 11.8 Å². The van der Waals surface area contributed by atoms with E-state index in [9.17, 15) is 11.0 Å². The molecule has 5 nitrogen and oxygen atoms in total. The largest absolute Gasteiger partial charge is 0.465 e. The molecule has 1 aliphatic carbocycles. The molecule has 0 aromatic heterocycles. The monoisotopic (exact) mass is 525 g/mol. The predicted octanol–water partition coefficient (Wildman–Crippen LogP) is 7.03. The third kappa shape index (κ3) is 6.70. The fourth-order valence-corrected chi connectivity index (χ4v) is 5.72. The first-order chi connectivity index (χ1) is 19.4. The number of rotatable bonds is 8. The van der Waals surface area contributed by atoms with E-state index in [-0.39, 0.29) is 23.7 Å². The lowest BCUT2D eigenvalue weighted by molar-refractivity contribution is -0.152. The van der Waals surface area contributed by atoms with Gasteiger partial charge in [-0.25, -0.2) is 0 Å². The molecule has 2 unspecified atom stereocenters. The average Bonchev–Trinajstić information content (AvgIpc) is 2.99. The van der Waals surface area contributed by atoms with Crippen molar-refractivity contribution < 1.29 is 15.7 Å². The molecule has 0 spiro atoms. The third-order valence-electron chi connectivity index (χ3n) is 8.04. The zero-order valence-corrected chi connectivity index (χ0v) is 23.1. The zero-order valence-electron chi connectivity index (χ0n) is 24.1. The summed E-state index contributed by atoms with van der Waals surface area (Å²) >= 11 is 0. The summed E-state index contributed by atoms with van der Waals surface area (Å²) in [4.78, 5) is 30.0. The number of hydrogen-bond acceptors (Lipinski definition) is 4. The molecule has 204 valence electrons. The highest BCUT2D eigenvalue weighted by atomic mass is 16.5. The van der Waals surface area contributed by atoms with Gasteiger partial charge in [0.15, 0.2) is 0 Å². The van der Waals surface area contributed by atoms with Crippen molar-refractivity contribution >= 4 is 23.3 Å². The van der Waals surface area contributed by atoms with Crippen LogP contribution in [0.5, 0.6) is 0 Å². The van der Waals surface area contributed by atoms with Crippen LogP contribution in [0, 0.1) is 11.8 Å². The summed E-state index contributed by atoms with van der Waals surface area (Å²) in [6, 6.07) is 24.3. The van der Waals surface area contributed by atoms with Crippen LogP contribution in [0.3, 0.4) is 0 Å². The highest BCUT2D eigenvalue weighted by Gasteiger charge is 2.28. The van der Waals surface area contributed by atoms with E-state index in [1.807, 2.05) is 62.6 Å². The second-order valence-electron chi connectivity index (χ2n) is 11.1. The molecular formula is C34H40N2O3. The number of amides is 1. The van der Waals surface area contributed by atoms with Gasteiger partial charge in [0, 0.05) is 31.4 Å². The van der Waals surface area contributed by atoms with Crippen LogP contribution in [0.15, 0.2) is 72.8 Å². The maximum atomic E-state index is 14.0. The minimum Gasteiger partial charge on any atom is -0.465 e. The topological polar surface area (TPSA) is 49.9 Å². The summed E-state index contributed by atoms with van der Waals surface area (Å²) in [6.45, 7) is -0.366. The SMILES string of the molecule is [2H]C(c1ccc(-c2ccc(N(C)C)cc2)cc1)N(C(=O)C1CCCCC1)c1cccc(CC2CCCOC2=O)c1. The van der Waals surface area contributed by atoms with Gasteiger partial charge >= 0.3 is 5.97 Å². The van der Waals surface area contributed by atoms with Gasteiger partial charge in [-0.1, -0.05) is 67.8 Å². The van der Waals surface area contributed by atoms with Crippen molar-refractivity contribution in [1.29, 1.82) is 0 Å². The molecule has 1 saturated carbocycles. The quantitative estimate of drug-likeness (QED) is 0.296. The Kier molecular flexibility index (Phi) is 8.23. The molecule has 1 saturated heterocycles. The molecule has 5 rings (SSSR count). The molecule has 1 amide bonds. The molecule has 3 aromatic rings. The van der Waals surface area contributed by atoms with Gasteiger partial charge in [-0.2, -0.15) is 0 Å². The van der Waals surface area contributed by atoms with Crippen LogP contribution in [0.25, 0.3) is 11.1 Å². The van der Waals surface area contributed by atoms with Gasteiger partial charge in [0.05, 0.1) is 20.4 Å². The number of anilines is 2. The van der Waals surface area contributed by atoms with Crippen LogP contribution in [0.2, 0.25) is 0 Å². The van der Waals surface area contributed by atoms with Crippen molar-refractivity contribution in [3.8, 4) is 11.1 Å². The Morgan fingerprint density at radius 2 is 1.54 bits per heavy atom. The van der Waals surface area contributed by atoms with Crippen LogP contribution < -0.4 is 9.80 Å². The number of carbonyl (C=O) groups excluding carboxylic acids is 2. The van der Waals surface area contributed by atoms with Gasteiger partial charge in [0.1, 0.15) is 0 Å². The van der Waals surface area contributed by atoms with E-state index in [0.717, 1.165) is 78.6 Å². The van der Waals surface area contributed by atoms with E-state index in [0.29, 0.717) is 13.0 Å². The molecule has 2 aliphatic rings. The standard InChI is InChI=1S/C34H40N2O3/c1-35(2)31-19-17-28(18-20-31)27-15-13-25(14-16-27)24-36(33(37)29-9-4-3-5-10-29)32-12-6-8-26(23-32)22-30-11-7-21-39-34(30)38/h6,8,12-20,23,29-30H,3-5,7,9-11,21-22,24H2,1-2H3/i24D. The Morgan fingerprint density at radius 1 is 0.846 bits per heavy atom. The second-order valence-corrected chi connectivity index (χ2v) is 11.1. The fourth-order valence-electron chi connectivity index (χ4n) is 5.72. The molecular weight excluding hydrogens is 484 g/mol. The van der Waals surface area contributed by atoms with Crippen LogP contribution >= 0.6 is 0 Å². The van der Waals surface area contributed by atoms with Crippen LogP contribution in [0.4, 0.5) is 11.4 Å². The first kappa shape index (κ1) is 25.7. The smallest absolute Gasteiger partial charge is 0.309 e. The second kappa shape index (κ2) is 12.5. The molecule has 2 fully saturated rings. The van der Waals surface area contributed by atoms with Crippen molar-refractivity contribution in [3.05, 3.63) is 83.9 Å². The van der Waals surface area contributed by atoms with Crippen molar-refractivity contribution in [3.63, 3.8) is 0 Å². The molecule has 3 aromatic carbocycles. The minimum atomic E-state index is -0.866. The number of esters is 1. The Morgan fingerprint density at radius 3 is 2.21 bits per heavy atom. The molecule has 0 radical (unpaired) electrons. The summed E-state index contributed by atoms with van der Waals surface area (Å²) in [5.41, 5.74) is 5.83. The Labute approximate surface area is 234 Å². The normalized spacial score (nSPS) is 19.1. The average molecular weight is 526 g/mol. The predicted molar refractivity (Wildman–Crippen MR) is 158 cm³/mol. The first-order valence-corrected chi connectivity index (χ1v) is 14.3. The van der Waals surface area contributed by atoms with E-state index in [2.05, 4.69) is 29.2 Å². The minimum absolute atomic E-state index is 0.0253. The number of carbonyl (C=O) groups is 2. The van der Waals surface area contributed by atoms with Crippen LogP contribution in [-0.4, -0.2) is 32.6 Å². The lowest BCUT2D eigenvalue weighted by Gasteiger charge is -2.30. The number of nitrogens with zero attached hydrogens (tertiary/aromatic N) is 2. The summed E-state index contributed by atoms with van der Waals surface area (Å²) < 4.78 is 14.6. The highest BCUT2D eigenvalue weighted by Crippen LogP contribution is 2.31. The first-order valence-electron chi connectivity index (χ1n) is 14.9. The van der Waals surface area contributed by atoms with Crippen molar-refractivity contribution in [2.75, 3.05) is 30.5 Å². The van der Waals surface area contributed by atoms with Crippen LogP contribution in [0.1, 0.15) is 57.4 Å². The number of ether oxygens (including phenoxy) is 1. The highest BCUT2D eigenvalue weighted by molar-refractivity contribution is 5.95. The lowest BCUT2D eigenvalue weighted by atomic mass is 9.88. The third-order valence-corrected chi connectivity index (χ3v) is 8.04. The van der Waals surface area contributed by atoms with Gasteiger partial charge < -0.3 is 14.5 Å². The van der Waals surface area contributed by atoms with Gasteiger partial charge in [-0.05, 0) is 78.6 Å².